The van der Waals surface area contributed by atoms with E-state index in [9.17, 15) is 17.6 Å². The van der Waals surface area contributed by atoms with E-state index in [4.69, 9.17) is 4.74 Å². The van der Waals surface area contributed by atoms with Gasteiger partial charge in [0.05, 0.1) is 11.5 Å². The third-order valence-electron chi connectivity index (χ3n) is 5.81. The average Bonchev–Trinajstić information content (AvgIpc) is 3.24. The van der Waals surface area contributed by atoms with Crippen LogP contribution in [0.4, 0.5) is 9.18 Å². The van der Waals surface area contributed by atoms with Crippen molar-refractivity contribution in [3.63, 3.8) is 0 Å². The molecule has 0 aliphatic heterocycles. The fourth-order valence-corrected chi connectivity index (χ4v) is 5.15. The first kappa shape index (κ1) is 28.4. The first-order valence-electron chi connectivity index (χ1n) is 12.6. The normalized spacial score (nSPS) is 12.5. The molecule has 200 valence electrons. The molecule has 7 nitrogen and oxygen atoms in total. The van der Waals surface area contributed by atoms with Crippen LogP contribution >= 0.6 is 0 Å². The van der Waals surface area contributed by atoms with Crippen molar-refractivity contribution in [3.8, 4) is 11.1 Å². The van der Waals surface area contributed by atoms with Gasteiger partial charge >= 0.3 is 6.09 Å². The highest BCUT2D eigenvalue weighted by molar-refractivity contribution is 7.90. The highest BCUT2D eigenvalue weighted by Crippen LogP contribution is 2.30. The van der Waals surface area contributed by atoms with Crippen LogP contribution in [-0.4, -0.2) is 36.8 Å². The fourth-order valence-electron chi connectivity index (χ4n) is 4.05. The number of carbonyl (C=O) groups is 1. The van der Waals surface area contributed by atoms with Gasteiger partial charge in [0.15, 0.2) is 0 Å². The maximum absolute atomic E-state index is 13.5. The number of halogens is 1. The van der Waals surface area contributed by atoms with Gasteiger partial charge in [0.1, 0.15) is 12.0 Å². The number of benzene rings is 2. The molecule has 0 spiro atoms. The van der Waals surface area contributed by atoms with Gasteiger partial charge in [0.25, 0.3) is 10.0 Å². The number of alkyl halides is 1. The monoisotopic (exact) mass is 529 g/mol. The standard InChI is InChI=1S/C28H36FN3O4S/c1-5-6-15-36-28(33)31-37(34,35)26-12-9-23(16-20(2)3)18-25(26)24-10-7-22(8-11-24)19-32-14-13-30-27(32)17-21(4)29/h7-14,18,20-21H,5-6,15-17,19H2,1-4H3,(H,31,33). The Morgan fingerprint density at radius 3 is 2.43 bits per heavy atom. The summed E-state index contributed by atoms with van der Waals surface area (Å²) in [6.07, 6.45) is 4.01. The molecule has 1 N–H and O–H groups in total. The Balaban J connectivity index is 1.90. The molecular formula is C28H36FN3O4S. The molecular weight excluding hydrogens is 493 g/mol. The zero-order valence-electron chi connectivity index (χ0n) is 21.9. The lowest BCUT2D eigenvalue weighted by Gasteiger charge is -2.15. The van der Waals surface area contributed by atoms with Crippen molar-refractivity contribution >= 4 is 16.1 Å². The number of hydrogen-bond acceptors (Lipinski definition) is 5. The molecule has 3 aromatic rings. The van der Waals surface area contributed by atoms with Crippen molar-refractivity contribution in [2.75, 3.05) is 6.61 Å². The molecule has 0 saturated carbocycles. The summed E-state index contributed by atoms with van der Waals surface area (Å²) < 4.78 is 48.7. The minimum Gasteiger partial charge on any atom is -0.449 e. The lowest BCUT2D eigenvalue weighted by Crippen LogP contribution is -2.31. The highest BCUT2D eigenvalue weighted by atomic mass is 32.2. The molecule has 0 aliphatic carbocycles. The minimum absolute atomic E-state index is 0.00836. The number of nitrogens with one attached hydrogen (secondary N) is 1. The summed E-state index contributed by atoms with van der Waals surface area (Å²) in [7, 11) is -4.16. The molecule has 0 bridgehead atoms. The van der Waals surface area contributed by atoms with E-state index in [1.807, 2.05) is 52.7 Å². The lowest BCUT2D eigenvalue weighted by atomic mass is 9.97. The molecule has 1 unspecified atom stereocenters. The van der Waals surface area contributed by atoms with Crippen LogP contribution in [0.3, 0.4) is 0 Å². The highest BCUT2D eigenvalue weighted by Gasteiger charge is 2.23. The Morgan fingerprint density at radius 2 is 1.78 bits per heavy atom. The summed E-state index contributed by atoms with van der Waals surface area (Å²) >= 11 is 0. The molecule has 1 heterocycles. The molecule has 37 heavy (non-hydrogen) atoms. The average molecular weight is 530 g/mol. The molecule has 0 fully saturated rings. The van der Waals surface area contributed by atoms with Gasteiger partial charge in [-0.3, -0.25) is 0 Å². The molecule has 0 aliphatic rings. The van der Waals surface area contributed by atoms with Crippen LogP contribution in [-0.2, 0) is 34.1 Å². The Kier molecular flexibility index (Phi) is 9.86. The minimum atomic E-state index is -4.16. The maximum atomic E-state index is 13.5. The predicted octanol–water partition coefficient (Wildman–Crippen LogP) is 5.91. The zero-order valence-corrected chi connectivity index (χ0v) is 22.7. The summed E-state index contributed by atoms with van der Waals surface area (Å²) in [5, 5.41) is 0. The van der Waals surface area contributed by atoms with Gasteiger partial charge in [-0.2, -0.15) is 0 Å². The number of aromatic nitrogens is 2. The molecule has 2 aromatic carbocycles. The van der Waals surface area contributed by atoms with E-state index < -0.39 is 22.3 Å². The van der Waals surface area contributed by atoms with E-state index in [2.05, 4.69) is 18.8 Å². The van der Waals surface area contributed by atoms with Gasteiger partial charge in [0.2, 0.25) is 0 Å². The van der Waals surface area contributed by atoms with Gasteiger partial charge in [-0.25, -0.2) is 27.3 Å². The number of ether oxygens (including phenoxy) is 1. The molecule has 1 aromatic heterocycles. The molecule has 3 rings (SSSR count). The predicted molar refractivity (Wildman–Crippen MR) is 143 cm³/mol. The molecule has 9 heteroatoms. The van der Waals surface area contributed by atoms with E-state index in [1.165, 1.54) is 6.92 Å². The number of nitrogens with zero attached hydrogens (tertiary/aromatic N) is 2. The van der Waals surface area contributed by atoms with Crippen molar-refractivity contribution in [2.24, 2.45) is 5.92 Å². The van der Waals surface area contributed by atoms with E-state index in [-0.39, 0.29) is 17.9 Å². The molecule has 1 amide bonds. The van der Waals surface area contributed by atoms with Crippen molar-refractivity contribution < 1.29 is 22.3 Å². The van der Waals surface area contributed by atoms with E-state index in [0.29, 0.717) is 35.8 Å². The molecule has 0 saturated heterocycles. The second-order valence-electron chi connectivity index (χ2n) is 9.68. The van der Waals surface area contributed by atoms with Crippen LogP contribution in [0.25, 0.3) is 11.1 Å². The SMILES string of the molecule is CCCCOC(=O)NS(=O)(=O)c1ccc(CC(C)C)cc1-c1ccc(Cn2ccnc2CC(C)F)cc1. The first-order valence-corrected chi connectivity index (χ1v) is 14.1. The Morgan fingerprint density at radius 1 is 1.08 bits per heavy atom. The first-order chi connectivity index (χ1) is 17.6. The van der Waals surface area contributed by atoms with Crippen molar-refractivity contribution in [3.05, 3.63) is 71.8 Å². The summed E-state index contributed by atoms with van der Waals surface area (Å²) in [4.78, 5) is 16.4. The summed E-state index contributed by atoms with van der Waals surface area (Å²) in [5.74, 6) is 1.06. The topological polar surface area (TPSA) is 90.3 Å². The summed E-state index contributed by atoms with van der Waals surface area (Å²) in [5.41, 5.74) is 3.18. The maximum Gasteiger partial charge on any atom is 0.421 e. The van der Waals surface area contributed by atoms with Crippen LogP contribution in [0.5, 0.6) is 0 Å². The van der Waals surface area contributed by atoms with Gasteiger partial charge < -0.3 is 9.30 Å². The van der Waals surface area contributed by atoms with Gasteiger partial charge in [-0.05, 0) is 54.5 Å². The third kappa shape index (κ3) is 8.15. The van der Waals surface area contributed by atoms with E-state index in [0.717, 1.165) is 24.0 Å². The van der Waals surface area contributed by atoms with Crippen LogP contribution in [0, 0.1) is 5.92 Å². The quantitative estimate of drug-likeness (QED) is 0.295. The van der Waals surface area contributed by atoms with Crippen LogP contribution in [0.1, 0.15) is 57.5 Å². The fraction of sp³-hybridized carbons (Fsp3) is 0.429. The smallest absolute Gasteiger partial charge is 0.421 e. The van der Waals surface area contributed by atoms with Crippen LogP contribution in [0.15, 0.2) is 59.8 Å². The van der Waals surface area contributed by atoms with E-state index >= 15 is 0 Å². The number of imidazole rings is 1. The Bertz CT molecular complexity index is 1290. The van der Waals surface area contributed by atoms with Gasteiger partial charge in [-0.15, -0.1) is 0 Å². The van der Waals surface area contributed by atoms with Crippen molar-refractivity contribution in [1.29, 1.82) is 0 Å². The van der Waals surface area contributed by atoms with Crippen molar-refractivity contribution in [2.45, 2.75) is 71.0 Å². The number of sulfonamides is 1. The number of hydrogen-bond donors (Lipinski definition) is 1. The number of amides is 1. The number of rotatable bonds is 12. The van der Waals surface area contributed by atoms with Gasteiger partial charge in [-0.1, -0.05) is 57.5 Å². The van der Waals surface area contributed by atoms with Crippen LogP contribution in [0.2, 0.25) is 0 Å². The van der Waals surface area contributed by atoms with Crippen LogP contribution < -0.4 is 4.72 Å². The Labute approximate surface area is 219 Å². The number of carbonyl (C=O) groups excluding carboxylic acids is 1. The lowest BCUT2D eigenvalue weighted by molar-refractivity contribution is 0.151. The molecule has 0 radical (unpaired) electrons. The summed E-state index contributed by atoms with van der Waals surface area (Å²) in [6.45, 7) is 8.33. The molecule has 1 atom stereocenters. The van der Waals surface area contributed by atoms with E-state index in [1.54, 1.807) is 18.3 Å². The second-order valence-corrected chi connectivity index (χ2v) is 11.3. The van der Waals surface area contributed by atoms with Gasteiger partial charge in [0, 0.05) is 30.9 Å². The third-order valence-corrected chi connectivity index (χ3v) is 7.18. The largest absolute Gasteiger partial charge is 0.449 e. The number of unbranched alkanes of at least 4 members (excludes halogenated alkanes) is 1. The second kappa shape index (κ2) is 12.9. The zero-order chi connectivity index (χ0) is 27.0. The Hall–Kier alpha value is -3.20. The van der Waals surface area contributed by atoms with Crippen molar-refractivity contribution in [1.82, 2.24) is 14.3 Å². The summed E-state index contributed by atoms with van der Waals surface area (Å²) in [6, 6.07) is 12.7.